The molecular formula is C19H17N2O+. The minimum atomic E-state index is 0.0311. The van der Waals surface area contributed by atoms with E-state index in [9.17, 15) is 4.79 Å². The van der Waals surface area contributed by atoms with Crippen LogP contribution in [0.1, 0.15) is 6.92 Å². The van der Waals surface area contributed by atoms with E-state index in [2.05, 4.69) is 4.98 Å². The van der Waals surface area contributed by atoms with Gasteiger partial charge >= 0.3 is 5.91 Å². The zero-order valence-electron chi connectivity index (χ0n) is 12.4. The minimum absolute atomic E-state index is 0.0311. The lowest BCUT2D eigenvalue weighted by Gasteiger charge is -2.33. The van der Waals surface area contributed by atoms with Gasteiger partial charge in [-0.1, -0.05) is 36.4 Å². The van der Waals surface area contributed by atoms with Crippen molar-refractivity contribution in [1.82, 2.24) is 9.47 Å². The highest BCUT2D eigenvalue weighted by molar-refractivity contribution is 6.00. The fourth-order valence-corrected chi connectivity index (χ4v) is 2.86. The number of hydrogen-bond acceptors (Lipinski definition) is 2. The van der Waals surface area contributed by atoms with E-state index in [1.54, 1.807) is 19.3 Å². The summed E-state index contributed by atoms with van der Waals surface area (Å²) in [6, 6.07) is 23.4. The second kappa shape index (κ2) is 5.92. The van der Waals surface area contributed by atoms with Gasteiger partial charge in [-0.3, -0.25) is 4.98 Å². The zero-order valence-corrected chi connectivity index (χ0v) is 12.4. The van der Waals surface area contributed by atoms with Crippen LogP contribution in [0.3, 0.4) is 0 Å². The third-order valence-corrected chi connectivity index (χ3v) is 3.81. The average Bonchev–Trinajstić information content (AvgIpc) is 2.58. The van der Waals surface area contributed by atoms with Crippen LogP contribution >= 0.6 is 0 Å². The standard InChI is InChI=1S/C19H17N2O/c1-16(22)21(17-8-4-2-5-9-17,18-10-6-3-7-11-18)19-12-14-20-15-13-19/h2-15H,1H3/q+1. The summed E-state index contributed by atoms with van der Waals surface area (Å²) in [7, 11) is 0. The zero-order chi connectivity index (χ0) is 15.4. The van der Waals surface area contributed by atoms with Crippen LogP contribution in [0.4, 0.5) is 17.1 Å². The Hall–Kier alpha value is -2.78. The molecule has 0 radical (unpaired) electrons. The van der Waals surface area contributed by atoms with E-state index in [-0.39, 0.29) is 10.4 Å². The number of nitrogens with zero attached hydrogens (tertiary/aromatic N) is 2. The third kappa shape index (κ3) is 2.22. The van der Waals surface area contributed by atoms with Crippen LogP contribution in [0.25, 0.3) is 0 Å². The van der Waals surface area contributed by atoms with E-state index in [0.29, 0.717) is 0 Å². The second-order valence-corrected chi connectivity index (χ2v) is 5.07. The van der Waals surface area contributed by atoms with Crippen molar-refractivity contribution in [3.05, 3.63) is 85.2 Å². The topological polar surface area (TPSA) is 30.0 Å². The van der Waals surface area contributed by atoms with Crippen molar-refractivity contribution in [2.24, 2.45) is 0 Å². The lowest BCUT2D eigenvalue weighted by molar-refractivity contribution is -0.123. The lowest BCUT2D eigenvalue weighted by Crippen LogP contribution is -2.43. The molecule has 0 unspecified atom stereocenters. The molecule has 0 saturated heterocycles. The molecule has 3 rings (SSSR count). The van der Waals surface area contributed by atoms with Gasteiger partial charge in [0.1, 0.15) is 0 Å². The number of aromatic nitrogens is 1. The SMILES string of the molecule is CC(=O)[N+](c1ccccc1)(c1ccccc1)c1ccncc1. The fraction of sp³-hybridized carbons (Fsp3) is 0.0526. The molecule has 0 atom stereocenters. The first kappa shape index (κ1) is 14.2. The summed E-state index contributed by atoms with van der Waals surface area (Å²) >= 11 is 0. The molecule has 3 heteroatoms. The third-order valence-electron chi connectivity index (χ3n) is 3.81. The van der Waals surface area contributed by atoms with E-state index in [1.807, 2.05) is 72.8 Å². The van der Waals surface area contributed by atoms with Crippen LogP contribution in [0, 0.1) is 0 Å². The number of para-hydroxylation sites is 2. The molecule has 0 aliphatic heterocycles. The van der Waals surface area contributed by atoms with Crippen LogP contribution in [0.15, 0.2) is 85.2 Å². The van der Waals surface area contributed by atoms with Crippen molar-refractivity contribution in [2.75, 3.05) is 0 Å². The van der Waals surface area contributed by atoms with Gasteiger partial charge < -0.3 is 0 Å². The van der Waals surface area contributed by atoms with Crippen LogP contribution < -0.4 is 4.48 Å². The van der Waals surface area contributed by atoms with Crippen molar-refractivity contribution >= 4 is 23.0 Å². The summed E-state index contributed by atoms with van der Waals surface area (Å²) in [6.07, 6.45) is 3.44. The molecule has 0 saturated carbocycles. The van der Waals surface area contributed by atoms with Gasteiger partial charge in [-0.05, 0) is 0 Å². The Labute approximate surface area is 130 Å². The van der Waals surface area contributed by atoms with Crippen LogP contribution in [-0.2, 0) is 4.79 Å². The molecule has 1 aromatic heterocycles. The van der Waals surface area contributed by atoms with E-state index in [4.69, 9.17) is 0 Å². The maximum absolute atomic E-state index is 12.8. The molecule has 1 heterocycles. The Bertz CT molecular complexity index is 659. The Morgan fingerprint density at radius 3 is 1.55 bits per heavy atom. The first-order valence-corrected chi connectivity index (χ1v) is 7.18. The maximum Gasteiger partial charge on any atom is 0.325 e. The summed E-state index contributed by atoms with van der Waals surface area (Å²) in [5.74, 6) is 0.0311. The molecule has 3 nitrogen and oxygen atoms in total. The Balaban J connectivity index is 2.37. The summed E-state index contributed by atoms with van der Waals surface area (Å²) < 4.78 is 0.0458. The lowest BCUT2D eigenvalue weighted by atomic mass is 10.1. The van der Waals surface area contributed by atoms with Crippen LogP contribution in [-0.4, -0.2) is 10.9 Å². The van der Waals surface area contributed by atoms with Crippen molar-refractivity contribution < 1.29 is 4.79 Å². The van der Waals surface area contributed by atoms with E-state index < -0.39 is 0 Å². The smallest absolute Gasteiger partial charge is 0.264 e. The first-order chi connectivity index (χ1) is 10.8. The molecule has 2 aromatic carbocycles. The number of quaternary nitrogens is 1. The number of rotatable bonds is 3. The van der Waals surface area contributed by atoms with Gasteiger partial charge in [0.2, 0.25) is 0 Å². The summed E-state index contributed by atoms with van der Waals surface area (Å²) in [4.78, 5) is 16.9. The Morgan fingerprint density at radius 1 is 0.727 bits per heavy atom. The normalized spacial score (nSPS) is 11.1. The number of benzene rings is 2. The Kier molecular flexibility index (Phi) is 3.81. The number of amides is 1. The molecule has 108 valence electrons. The molecule has 22 heavy (non-hydrogen) atoms. The van der Waals surface area contributed by atoms with Crippen molar-refractivity contribution in [1.29, 1.82) is 0 Å². The quantitative estimate of drug-likeness (QED) is 0.660. The van der Waals surface area contributed by atoms with E-state index >= 15 is 0 Å². The number of carbonyl (C=O) groups is 1. The van der Waals surface area contributed by atoms with Gasteiger partial charge in [0.05, 0.1) is 6.92 Å². The highest BCUT2D eigenvalue weighted by Gasteiger charge is 2.41. The molecule has 1 amide bonds. The highest BCUT2D eigenvalue weighted by atomic mass is 16.2. The number of carbonyl (C=O) groups excluding carboxylic acids is 1. The predicted molar refractivity (Wildman–Crippen MR) is 88.9 cm³/mol. The van der Waals surface area contributed by atoms with Gasteiger partial charge in [-0.25, -0.2) is 4.79 Å². The second-order valence-electron chi connectivity index (χ2n) is 5.07. The molecule has 0 fully saturated rings. The van der Waals surface area contributed by atoms with Crippen molar-refractivity contribution in [2.45, 2.75) is 6.92 Å². The highest BCUT2D eigenvalue weighted by Crippen LogP contribution is 2.43. The van der Waals surface area contributed by atoms with Crippen molar-refractivity contribution in [3.63, 3.8) is 0 Å². The molecule has 0 spiro atoms. The number of hydrogen-bond donors (Lipinski definition) is 0. The van der Waals surface area contributed by atoms with Gasteiger partial charge in [0.15, 0.2) is 17.1 Å². The molecule has 0 aliphatic carbocycles. The summed E-state index contributed by atoms with van der Waals surface area (Å²) in [5.41, 5.74) is 2.69. The van der Waals surface area contributed by atoms with Gasteiger partial charge in [-0.15, -0.1) is 0 Å². The van der Waals surface area contributed by atoms with E-state index in [0.717, 1.165) is 17.1 Å². The summed E-state index contributed by atoms with van der Waals surface area (Å²) in [6.45, 7) is 1.63. The predicted octanol–water partition coefficient (Wildman–Crippen LogP) is 4.60. The van der Waals surface area contributed by atoms with Gasteiger partial charge in [-0.2, -0.15) is 4.48 Å². The molecular weight excluding hydrogens is 272 g/mol. The molecule has 3 aromatic rings. The fourth-order valence-electron chi connectivity index (χ4n) is 2.86. The largest absolute Gasteiger partial charge is 0.325 e. The monoisotopic (exact) mass is 289 g/mol. The molecule has 0 aliphatic rings. The van der Waals surface area contributed by atoms with Crippen LogP contribution in [0.5, 0.6) is 0 Å². The summed E-state index contributed by atoms with van der Waals surface area (Å²) in [5, 5.41) is 0. The van der Waals surface area contributed by atoms with Gasteiger partial charge in [0.25, 0.3) is 0 Å². The average molecular weight is 289 g/mol. The first-order valence-electron chi connectivity index (χ1n) is 7.18. The molecule has 0 bridgehead atoms. The van der Waals surface area contributed by atoms with E-state index in [1.165, 1.54) is 0 Å². The van der Waals surface area contributed by atoms with Gasteiger partial charge in [0, 0.05) is 48.8 Å². The molecule has 0 N–H and O–H groups in total. The number of pyridine rings is 1. The minimum Gasteiger partial charge on any atom is -0.264 e. The Morgan fingerprint density at radius 2 is 1.14 bits per heavy atom. The maximum atomic E-state index is 12.8. The van der Waals surface area contributed by atoms with Crippen molar-refractivity contribution in [3.8, 4) is 0 Å². The van der Waals surface area contributed by atoms with Crippen LogP contribution in [0.2, 0.25) is 0 Å².